The predicted octanol–water partition coefficient (Wildman–Crippen LogP) is 2.68. The van der Waals surface area contributed by atoms with Crippen LogP contribution >= 0.6 is 11.3 Å². The lowest BCUT2D eigenvalue weighted by atomic mass is 10.1. The first-order valence-corrected chi connectivity index (χ1v) is 6.31. The van der Waals surface area contributed by atoms with Gasteiger partial charge in [-0.05, 0) is 11.1 Å². The summed E-state index contributed by atoms with van der Waals surface area (Å²) < 4.78 is 12.4. The maximum absolute atomic E-state index is 12.4. The van der Waals surface area contributed by atoms with Gasteiger partial charge in [-0.25, -0.2) is 4.98 Å². The number of thiazole rings is 1. The summed E-state index contributed by atoms with van der Waals surface area (Å²) in [4.78, 5) is 4.01. The van der Waals surface area contributed by atoms with Crippen LogP contribution in [-0.2, 0) is 6.42 Å². The van der Waals surface area contributed by atoms with Crippen molar-refractivity contribution in [2.75, 3.05) is 17.8 Å². The number of aromatic nitrogens is 1. The molecule has 4 nitrogen and oxygen atoms in total. The first-order chi connectivity index (χ1) is 8.79. The Bertz CT molecular complexity index is 538. The lowest BCUT2D eigenvalue weighted by molar-refractivity contribution is 0.495. The third-order valence-corrected chi connectivity index (χ3v) is 3.07. The molecule has 94 valence electrons. The normalized spacial score (nSPS) is 10.9. The van der Waals surface area contributed by atoms with Crippen LogP contribution in [0.1, 0.15) is 11.1 Å². The average molecular weight is 264 g/mol. The van der Waals surface area contributed by atoms with Crippen LogP contribution < -0.4 is 11.2 Å². The zero-order chi connectivity index (χ0) is 12.8. The Morgan fingerprint density at radius 1 is 1.44 bits per heavy atom. The predicted molar refractivity (Wildman–Crippen MR) is 73.9 cm³/mol. The van der Waals surface area contributed by atoms with Crippen molar-refractivity contribution in [3.8, 4) is 0 Å². The largest absolute Gasteiger partial charge is 0.383 e. The van der Waals surface area contributed by atoms with Gasteiger partial charge in [-0.2, -0.15) is 5.10 Å². The highest BCUT2D eigenvalue weighted by molar-refractivity contribution is 7.14. The van der Waals surface area contributed by atoms with Crippen LogP contribution in [0.5, 0.6) is 0 Å². The molecule has 0 unspecified atom stereocenters. The molecule has 3 N–H and O–H groups in total. The van der Waals surface area contributed by atoms with E-state index < -0.39 is 0 Å². The van der Waals surface area contributed by atoms with Crippen molar-refractivity contribution in [1.29, 1.82) is 0 Å². The number of hydrazone groups is 1. The number of nitrogen functional groups attached to an aromatic ring is 1. The van der Waals surface area contributed by atoms with Gasteiger partial charge in [0.15, 0.2) is 0 Å². The van der Waals surface area contributed by atoms with E-state index in [1.54, 1.807) is 11.6 Å². The number of hydrogen-bond donors (Lipinski definition) is 2. The van der Waals surface area contributed by atoms with Crippen molar-refractivity contribution in [2.24, 2.45) is 5.10 Å². The number of nitrogens with zero attached hydrogens (tertiary/aromatic N) is 2. The summed E-state index contributed by atoms with van der Waals surface area (Å²) in [6.45, 7) is -0.374. The number of benzene rings is 1. The number of aryl methyl sites for hydroxylation is 1. The minimum atomic E-state index is -0.374. The maximum Gasteiger partial charge on any atom is 0.205 e. The Morgan fingerprint density at radius 3 is 3.00 bits per heavy atom. The fraction of sp³-hybridized carbons (Fsp3) is 0.167. The molecule has 0 aliphatic rings. The zero-order valence-electron chi connectivity index (χ0n) is 9.64. The van der Waals surface area contributed by atoms with E-state index in [9.17, 15) is 4.39 Å². The Hall–Kier alpha value is -1.95. The van der Waals surface area contributed by atoms with Crippen LogP contribution in [0.3, 0.4) is 0 Å². The molecule has 0 aliphatic heterocycles. The van der Waals surface area contributed by atoms with Crippen LogP contribution in [0.4, 0.5) is 15.3 Å². The average Bonchev–Trinajstić information content (AvgIpc) is 2.78. The van der Waals surface area contributed by atoms with Crippen LogP contribution in [-0.4, -0.2) is 17.9 Å². The fourth-order valence-corrected chi connectivity index (χ4v) is 2.03. The molecule has 0 radical (unpaired) electrons. The second-order valence-corrected chi connectivity index (χ2v) is 4.44. The monoisotopic (exact) mass is 264 g/mol. The second-order valence-electron chi connectivity index (χ2n) is 3.59. The van der Waals surface area contributed by atoms with Crippen LogP contribution in [0.15, 0.2) is 34.7 Å². The molecule has 0 spiro atoms. The molecule has 2 rings (SSSR count). The van der Waals surface area contributed by atoms with Crippen LogP contribution in [0.2, 0.25) is 0 Å². The molecule has 0 aliphatic carbocycles. The fourth-order valence-electron chi connectivity index (χ4n) is 1.48. The van der Waals surface area contributed by atoms with Gasteiger partial charge in [0.05, 0.1) is 12.9 Å². The number of nitrogens with one attached hydrogen (secondary N) is 1. The Morgan fingerprint density at radius 2 is 2.28 bits per heavy atom. The highest BCUT2D eigenvalue weighted by Gasteiger charge is 1.99. The summed E-state index contributed by atoms with van der Waals surface area (Å²) in [5.74, 6) is 0.468. The van der Waals surface area contributed by atoms with Gasteiger partial charge < -0.3 is 5.73 Å². The van der Waals surface area contributed by atoms with Crippen molar-refractivity contribution in [1.82, 2.24) is 4.98 Å². The van der Waals surface area contributed by atoms with Crippen LogP contribution in [0, 0.1) is 0 Å². The molecule has 0 bridgehead atoms. The van der Waals surface area contributed by atoms with Crippen molar-refractivity contribution in [3.63, 3.8) is 0 Å². The van der Waals surface area contributed by atoms with Gasteiger partial charge in [-0.15, -0.1) is 11.3 Å². The summed E-state index contributed by atoms with van der Waals surface area (Å²) in [7, 11) is 0. The van der Waals surface area contributed by atoms with E-state index in [0.717, 1.165) is 11.1 Å². The number of alkyl halides is 1. The van der Waals surface area contributed by atoms with Gasteiger partial charge in [0.2, 0.25) is 5.13 Å². The molecule has 1 aromatic carbocycles. The quantitative estimate of drug-likeness (QED) is 0.644. The Kier molecular flexibility index (Phi) is 4.25. The maximum atomic E-state index is 12.4. The lowest BCUT2D eigenvalue weighted by Crippen LogP contribution is -1.96. The summed E-state index contributed by atoms with van der Waals surface area (Å²) in [5, 5.41) is 6.43. The third-order valence-electron chi connectivity index (χ3n) is 2.30. The zero-order valence-corrected chi connectivity index (χ0v) is 10.5. The molecule has 0 saturated carbocycles. The van der Waals surface area contributed by atoms with Crippen molar-refractivity contribution >= 4 is 28.5 Å². The van der Waals surface area contributed by atoms with Gasteiger partial charge in [0.25, 0.3) is 0 Å². The van der Waals surface area contributed by atoms with E-state index in [0.29, 0.717) is 17.4 Å². The number of rotatable bonds is 5. The van der Waals surface area contributed by atoms with Crippen LogP contribution in [0.25, 0.3) is 0 Å². The van der Waals surface area contributed by atoms with E-state index in [1.165, 1.54) is 11.3 Å². The number of nitrogens with two attached hydrogens (primary N) is 1. The molecular formula is C12H13FN4S. The minimum absolute atomic E-state index is 0.374. The van der Waals surface area contributed by atoms with E-state index in [2.05, 4.69) is 15.5 Å². The van der Waals surface area contributed by atoms with E-state index in [1.807, 2.05) is 24.3 Å². The van der Waals surface area contributed by atoms with Gasteiger partial charge in [-0.1, -0.05) is 24.3 Å². The van der Waals surface area contributed by atoms with E-state index in [4.69, 9.17) is 5.73 Å². The summed E-state index contributed by atoms with van der Waals surface area (Å²) >= 11 is 1.38. The topological polar surface area (TPSA) is 63.3 Å². The SMILES string of the molecule is Nc1csc(NN=Cc2ccccc2CCF)n1. The second kappa shape index (κ2) is 6.11. The van der Waals surface area contributed by atoms with Gasteiger partial charge in [-0.3, -0.25) is 9.82 Å². The number of hydrogen-bond acceptors (Lipinski definition) is 5. The number of anilines is 2. The lowest BCUT2D eigenvalue weighted by Gasteiger charge is -2.02. The third kappa shape index (κ3) is 3.27. The molecule has 0 atom stereocenters. The van der Waals surface area contributed by atoms with Gasteiger partial charge in [0, 0.05) is 11.8 Å². The Labute approximate surface area is 108 Å². The van der Waals surface area contributed by atoms with E-state index in [-0.39, 0.29) is 6.67 Å². The summed E-state index contributed by atoms with van der Waals surface area (Å²) in [6.07, 6.45) is 2.05. The first-order valence-electron chi connectivity index (χ1n) is 5.43. The molecule has 0 fully saturated rings. The van der Waals surface area contributed by atoms with Gasteiger partial charge >= 0.3 is 0 Å². The molecule has 0 amide bonds. The first kappa shape index (κ1) is 12.5. The van der Waals surface area contributed by atoms with Crippen molar-refractivity contribution in [3.05, 3.63) is 40.8 Å². The van der Waals surface area contributed by atoms with Crippen molar-refractivity contribution in [2.45, 2.75) is 6.42 Å². The van der Waals surface area contributed by atoms with Gasteiger partial charge in [0.1, 0.15) is 5.82 Å². The number of halogens is 1. The Balaban J connectivity index is 2.04. The highest BCUT2D eigenvalue weighted by atomic mass is 32.1. The smallest absolute Gasteiger partial charge is 0.205 e. The highest BCUT2D eigenvalue weighted by Crippen LogP contribution is 2.16. The summed E-state index contributed by atoms with van der Waals surface area (Å²) in [5.41, 5.74) is 10.1. The molecule has 2 aromatic rings. The molecule has 1 heterocycles. The molecule has 0 saturated heterocycles. The standard InChI is InChI=1S/C12H13FN4S/c13-6-5-9-3-1-2-4-10(9)7-15-17-12-16-11(14)8-18-12/h1-4,7-8H,5-6,14H2,(H,16,17). The van der Waals surface area contributed by atoms with E-state index >= 15 is 0 Å². The molecule has 18 heavy (non-hydrogen) atoms. The molecule has 1 aromatic heterocycles. The molecule has 6 heteroatoms. The van der Waals surface area contributed by atoms with Crippen molar-refractivity contribution < 1.29 is 4.39 Å². The summed E-state index contributed by atoms with van der Waals surface area (Å²) in [6, 6.07) is 7.57. The minimum Gasteiger partial charge on any atom is -0.383 e. The molecular weight excluding hydrogens is 251 g/mol.